The smallest absolute Gasteiger partial charge is 0.312 e. The third-order valence-corrected chi connectivity index (χ3v) is 17.5. The molecule has 61 heavy (non-hydrogen) atoms. The molecular formula is C52H81ClN2O6. The molecule has 1 N–H and O–H groups in total. The van der Waals surface area contributed by atoms with E-state index in [1.165, 1.54) is 11.1 Å². The zero-order valence-corrected chi connectivity index (χ0v) is 41.1. The van der Waals surface area contributed by atoms with Gasteiger partial charge in [-0.1, -0.05) is 77.8 Å². The number of hydrogen-bond donors (Lipinski definition) is 1. The number of hydrogen-bond acceptors (Lipinski definition) is 8. The van der Waals surface area contributed by atoms with Gasteiger partial charge in [0.15, 0.2) is 5.78 Å². The van der Waals surface area contributed by atoms with Crippen LogP contribution in [0.4, 0.5) is 0 Å². The van der Waals surface area contributed by atoms with E-state index in [0.29, 0.717) is 36.5 Å². The van der Waals surface area contributed by atoms with E-state index in [2.05, 4.69) is 84.5 Å². The highest BCUT2D eigenvalue weighted by Gasteiger charge is 2.70. The fourth-order valence-electron chi connectivity index (χ4n) is 14.2. The topological polar surface area (TPSA) is 96.4 Å². The quantitative estimate of drug-likeness (QED) is 0.196. The Balaban J connectivity index is 1.27. The predicted molar refractivity (Wildman–Crippen MR) is 245 cm³/mol. The van der Waals surface area contributed by atoms with Crippen LogP contribution in [0, 0.1) is 62.6 Å². The van der Waals surface area contributed by atoms with Crippen molar-refractivity contribution in [3.63, 3.8) is 0 Å². The van der Waals surface area contributed by atoms with E-state index in [4.69, 9.17) is 21.1 Å². The summed E-state index contributed by atoms with van der Waals surface area (Å²) in [5.41, 5.74) is 1.70. The van der Waals surface area contributed by atoms with Crippen molar-refractivity contribution < 1.29 is 29.0 Å². The first-order valence-corrected chi connectivity index (χ1v) is 24.0. The molecule has 1 unspecified atom stereocenters. The van der Waals surface area contributed by atoms with E-state index in [1.807, 2.05) is 32.9 Å². The molecule has 8 nitrogen and oxygen atoms in total. The van der Waals surface area contributed by atoms with Gasteiger partial charge in [0.05, 0.1) is 17.9 Å². The number of nitrogens with zero attached hydrogens (tertiary/aromatic N) is 2. The summed E-state index contributed by atoms with van der Waals surface area (Å²) in [6, 6.07) is 8.06. The van der Waals surface area contributed by atoms with Crippen LogP contribution in [0.5, 0.6) is 0 Å². The van der Waals surface area contributed by atoms with Gasteiger partial charge in [0, 0.05) is 43.0 Å². The molecule has 0 spiro atoms. The fraction of sp³-hybridized carbons (Fsp3) is 0.788. The molecule has 342 valence electrons. The molecule has 5 aliphatic carbocycles. The minimum Gasteiger partial charge on any atom is -0.462 e. The van der Waals surface area contributed by atoms with E-state index >= 15 is 0 Å². The lowest BCUT2D eigenvalue weighted by molar-refractivity contribution is -0.237. The Morgan fingerprint density at radius 3 is 2.16 bits per heavy atom. The van der Waals surface area contributed by atoms with Gasteiger partial charge in [-0.2, -0.15) is 0 Å². The zero-order valence-electron chi connectivity index (χ0n) is 40.4. The van der Waals surface area contributed by atoms with Gasteiger partial charge in [0.25, 0.3) is 0 Å². The lowest BCUT2D eigenvalue weighted by atomic mass is 9.33. The number of ketones is 1. The van der Waals surface area contributed by atoms with Crippen LogP contribution in [0.3, 0.4) is 0 Å². The standard InChI is InChI=1S/C52H81ClN2O6/c1-32(2)44-38(56)27-35-36(39(57)31-55(26-25-54(13)14)30-33-15-17-34(53)18-16-33)28-52(12)37(45(35)44)19-20-41-50(10)23-22-42(49(8,9)40(50)21-24-51(41,52)11)60-43(58)29-48(6,7)46(59)61-47(3,4)5/h15-18,32,35-37,39-42,57H,19-31H2,1-14H3/t35?,36-,37+,39+,40-,41+,42-,50-,51+,52+/m0/s1. The fourth-order valence-corrected chi connectivity index (χ4v) is 14.3. The number of Topliss-reactive ketones (excluding diaryl/α,β-unsaturated/α-hetero) is 1. The molecule has 4 fully saturated rings. The highest BCUT2D eigenvalue weighted by molar-refractivity contribution is 6.30. The summed E-state index contributed by atoms with van der Waals surface area (Å²) in [5, 5.41) is 13.4. The van der Waals surface area contributed by atoms with Gasteiger partial charge >= 0.3 is 11.9 Å². The number of carbonyl (C=O) groups is 3. The number of rotatable bonds is 13. The first kappa shape index (κ1) is 48.2. The van der Waals surface area contributed by atoms with E-state index in [1.54, 1.807) is 13.8 Å². The van der Waals surface area contributed by atoms with Crippen molar-refractivity contribution in [2.24, 2.45) is 62.6 Å². The second-order valence-electron chi connectivity index (χ2n) is 23.9. The number of benzene rings is 1. The summed E-state index contributed by atoms with van der Waals surface area (Å²) in [6.07, 6.45) is 6.69. The van der Waals surface area contributed by atoms with Gasteiger partial charge in [-0.15, -0.1) is 0 Å². The molecule has 0 saturated heterocycles. The Morgan fingerprint density at radius 1 is 0.902 bits per heavy atom. The lowest BCUT2D eigenvalue weighted by Crippen LogP contribution is -2.66. The molecule has 0 bridgehead atoms. The molecule has 1 aromatic rings. The molecule has 9 heteroatoms. The molecule has 0 heterocycles. The summed E-state index contributed by atoms with van der Waals surface area (Å²) < 4.78 is 12.1. The maximum Gasteiger partial charge on any atom is 0.312 e. The van der Waals surface area contributed by atoms with Crippen molar-refractivity contribution in [2.75, 3.05) is 33.7 Å². The summed E-state index contributed by atoms with van der Waals surface area (Å²) in [6.45, 7) is 28.8. The van der Waals surface area contributed by atoms with Crippen LogP contribution >= 0.6 is 11.6 Å². The third-order valence-electron chi connectivity index (χ3n) is 17.3. The van der Waals surface area contributed by atoms with E-state index in [-0.39, 0.29) is 63.9 Å². The van der Waals surface area contributed by atoms with Crippen molar-refractivity contribution in [2.45, 2.75) is 165 Å². The van der Waals surface area contributed by atoms with Gasteiger partial charge in [-0.25, -0.2) is 0 Å². The molecule has 5 aliphatic rings. The number of ether oxygens (including phenoxy) is 2. The van der Waals surface area contributed by atoms with Gasteiger partial charge in [0.1, 0.15) is 11.7 Å². The van der Waals surface area contributed by atoms with Crippen molar-refractivity contribution in [3.8, 4) is 0 Å². The number of halogens is 1. The van der Waals surface area contributed by atoms with Crippen molar-refractivity contribution in [1.82, 2.24) is 9.80 Å². The van der Waals surface area contributed by atoms with Crippen molar-refractivity contribution >= 4 is 29.3 Å². The van der Waals surface area contributed by atoms with Crippen LogP contribution in [0.1, 0.15) is 146 Å². The Hall–Kier alpha value is -2.26. The largest absolute Gasteiger partial charge is 0.462 e. The average molecular weight is 866 g/mol. The number of likely N-dealkylation sites (N-methyl/N-ethyl adjacent to an activating group) is 1. The minimum atomic E-state index is -0.987. The van der Waals surface area contributed by atoms with Crippen LogP contribution < -0.4 is 0 Å². The monoisotopic (exact) mass is 865 g/mol. The van der Waals surface area contributed by atoms with Crippen LogP contribution in [0.15, 0.2) is 35.4 Å². The van der Waals surface area contributed by atoms with Gasteiger partial charge in [-0.05, 0) is 169 Å². The number of esters is 2. The SMILES string of the molecule is CC(C)C1=C2C(CC1=O)[C@@H]([C@H](O)CN(CCN(C)C)Cc1ccc(Cl)cc1)C[C@]1(C)[C@@H]2CC[C@@H]2[C@@]3(C)CC[C@H](OC(=O)CC(C)(C)C(=O)OC(C)(C)C)C(C)(C)[C@@H]3CC[C@]21C. The predicted octanol–water partition coefficient (Wildman–Crippen LogP) is 10.6. The van der Waals surface area contributed by atoms with Crippen LogP contribution in [0.2, 0.25) is 5.02 Å². The Kier molecular flexibility index (Phi) is 13.6. The molecule has 1 aromatic carbocycles. The van der Waals surface area contributed by atoms with Crippen LogP contribution in [-0.4, -0.2) is 84.2 Å². The first-order chi connectivity index (χ1) is 28.1. The molecule has 6 rings (SSSR count). The lowest BCUT2D eigenvalue weighted by Gasteiger charge is -2.72. The van der Waals surface area contributed by atoms with Gasteiger partial charge in [0.2, 0.25) is 0 Å². The first-order valence-electron chi connectivity index (χ1n) is 23.6. The molecule has 0 radical (unpaired) electrons. The highest BCUT2D eigenvalue weighted by atomic mass is 35.5. The molecule has 0 aromatic heterocycles. The minimum absolute atomic E-state index is 0.00418. The number of allylic oxidation sites excluding steroid dienone is 2. The molecule has 10 atom stereocenters. The normalized spacial score (nSPS) is 34.2. The Morgan fingerprint density at radius 2 is 1.56 bits per heavy atom. The maximum absolute atomic E-state index is 14.1. The third kappa shape index (κ3) is 9.19. The summed E-state index contributed by atoms with van der Waals surface area (Å²) in [7, 11) is 4.19. The summed E-state index contributed by atoms with van der Waals surface area (Å²) in [5.74, 6) is 0.947. The Labute approximate surface area is 374 Å². The maximum atomic E-state index is 14.1. The molecule has 4 saturated carbocycles. The number of carbonyl (C=O) groups excluding carboxylic acids is 3. The second-order valence-corrected chi connectivity index (χ2v) is 24.3. The van der Waals surface area contributed by atoms with E-state index < -0.39 is 17.1 Å². The summed E-state index contributed by atoms with van der Waals surface area (Å²) in [4.78, 5) is 45.4. The molecule has 0 aliphatic heterocycles. The van der Waals surface area contributed by atoms with E-state index in [9.17, 15) is 19.5 Å². The molecule has 0 amide bonds. The van der Waals surface area contributed by atoms with Gasteiger partial charge in [-0.3, -0.25) is 19.3 Å². The zero-order chi connectivity index (χ0) is 45.2. The highest BCUT2D eigenvalue weighted by Crippen LogP contribution is 2.76. The average Bonchev–Trinajstić information content (AvgIpc) is 3.48. The Bertz CT molecular complexity index is 1830. The summed E-state index contributed by atoms with van der Waals surface area (Å²) >= 11 is 6.27. The number of aliphatic hydroxyl groups excluding tert-OH is 1. The molecular weight excluding hydrogens is 784 g/mol. The second kappa shape index (κ2) is 17.3. The van der Waals surface area contributed by atoms with Crippen molar-refractivity contribution in [1.29, 1.82) is 0 Å². The van der Waals surface area contributed by atoms with Crippen LogP contribution in [0.25, 0.3) is 0 Å². The van der Waals surface area contributed by atoms with E-state index in [0.717, 1.165) is 75.2 Å². The number of fused-ring (bicyclic) bond motifs is 7. The van der Waals surface area contributed by atoms with Crippen molar-refractivity contribution in [3.05, 3.63) is 46.0 Å². The van der Waals surface area contributed by atoms with Gasteiger partial charge < -0.3 is 19.5 Å². The van der Waals surface area contributed by atoms with Crippen LogP contribution in [-0.2, 0) is 30.4 Å². The number of aliphatic hydroxyl groups is 1.